The van der Waals surface area contributed by atoms with Crippen molar-refractivity contribution in [3.8, 4) is 0 Å². The predicted molar refractivity (Wildman–Crippen MR) is 59.1 cm³/mol. The molecule has 4 nitrogen and oxygen atoms in total. The van der Waals surface area contributed by atoms with Crippen LogP contribution in [0, 0.1) is 0 Å². The number of alkyl halides is 3. The maximum absolute atomic E-state index is 12.3. The lowest BCUT2D eigenvalue weighted by Crippen LogP contribution is -2.45. The Morgan fingerprint density at radius 1 is 1.33 bits per heavy atom. The van der Waals surface area contributed by atoms with Gasteiger partial charge in [-0.05, 0) is 31.4 Å². The SMILES string of the molecule is COC1(CNc2ccc(C(F)(F)F)nn2)CCC1. The zero-order valence-corrected chi connectivity index (χ0v) is 9.92. The summed E-state index contributed by atoms with van der Waals surface area (Å²) in [4.78, 5) is 0. The summed E-state index contributed by atoms with van der Waals surface area (Å²) in [7, 11) is 1.64. The predicted octanol–water partition coefficient (Wildman–Crippen LogP) is 2.48. The van der Waals surface area contributed by atoms with Crippen molar-refractivity contribution in [2.45, 2.75) is 31.0 Å². The van der Waals surface area contributed by atoms with Crippen LogP contribution >= 0.6 is 0 Å². The number of methoxy groups -OCH3 is 1. The second-order valence-electron chi connectivity index (χ2n) is 4.40. The Morgan fingerprint density at radius 2 is 2.06 bits per heavy atom. The van der Waals surface area contributed by atoms with Crippen LogP contribution in [-0.4, -0.2) is 29.5 Å². The minimum Gasteiger partial charge on any atom is -0.376 e. The van der Waals surface area contributed by atoms with Crippen LogP contribution in [0.2, 0.25) is 0 Å². The summed E-state index contributed by atoms with van der Waals surface area (Å²) >= 11 is 0. The van der Waals surface area contributed by atoms with Crippen molar-refractivity contribution in [3.05, 3.63) is 17.8 Å². The van der Waals surface area contributed by atoms with E-state index in [0.717, 1.165) is 25.3 Å². The molecule has 0 saturated heterocycles. The fourth-order valence-electron chi connectivity index (χ4n) is 1.85. The molecule has 1 aromatic rings. The van der Waals surface area contributed by atoms with Crippen molar-refractivity contribution in [1.82, 2.24) is 10.2 Å². The van der Waals surface area contributed by atoms with Gasteiger partial charge in [0, 0.05) is 13.7 Å². The molecule has 1 aliphatic rings. The molecule has 0 amide bonds. The third-order valence-electron chi connectivity index (χ3n) is 3.24. The zero-order valence-electron chi connectivity index (χ0n) is 9.92. The van der Waals surface area contributed by atoms with Crippen LogP contribution in [0.4, 0.5) is 19.0 Å². The molecule has 1 saturated carbocycles. The summed E-state index contributed by atoms with van der Waals surface area (Å²) in [5.74, 6) is 0.325. The van der Waals surface area contributed by atoms with Crippen LogP contribution in [0.25, 0.3) is 0 Å². The Kier molecular flexibility index (Phi) is 3.43. The molecule has 1 N–H and O–H groups in total. The Morgan fingerprint density at radius 3 is 2.44 bits per heavy atom. The van der Waals surface area contributed by atoms with Gasteiger partial charge in [-0.1, -0.05) is 0 Å². The maximum atomic E-state index is 12.3. The normalized spacial score (nSPS) is 18.2. The van der Waals surface area contributed by atoms with E-state index in [1.165, 1.54) is 6.07 Å². The number of ether oxygens (including phenoxy) is 1. The molecule has 1 fully saturated rings. The highest BCUT2D eigenvalue weighted by Gasteiger charge is 2.37. The molecule has 1 aromatic heterocycles. The van der Waals surface area contributed by atoms with Crippen molar-refractivity contribution in [2.75, 3.05) is 19.0 Å². The number of aromatic nitrogens is 2. The number of nitrogens with zero attached hydrogens (tertiary/aromatic N) is 2. The molecule has 0 aliphatic heterocycles. The van der Waals surface area contributed by atoms with Crippen molar-refractivity contribution >= 4 is 5.82 Å². The molecule has 1 heterocycles. The number of hydrogen-bond acceptors (Lipinski definition) is 4. The number of hydrogen-bond donors (Lipinski definition) is 1. The molecule has 2 rings (SSSR count). The van der Waals surface area contributed by atoms with Gasteiger partial charge in [0.2, 0.25) is 0 Å². The largest absolute Gasteiger partial charge is 0.435 e. The minimum absolute atomic E-state index is 0.204. The summed E-state index contributed by atoms with van der Waals surface area (Å²) < 4.78 is 42.2. The third kappa shape index (κ3) is 2.72. The first kappa shape index (κ1) is 13.1. The van der Waals surface area contributed by atoms with Gasteiger partial charge in [0.15, 0.2) is 5.69 Å². The van der Waals surface area contributed by atoms with Gasteiger partial charge in [-0.25, -0.2) is 0 Å². The fraction of sp³-hybridized carbons (Fsp3) is 0.636. The van der Waals surface area contributed by atoms with Crippen LogP contribution in [0.1, 0.15) is 25.0 Å². The van der Waals surface area contributed by atoms with E-state index in [4.69, 9.17) is 4.74 Å². The van der Waals surface area contributed by atoms with Crippen molar-refractivity contribution in [3.63, 3.8) is 0 Å². The van der Waals surface area contributed by atoms with E-state index in [1.54, 1.807) is 7.11 Å². The molecular formula is C11H14F3N3O. The smallest absolute Gasteiger partial charge is 0.376 e. The molecule has 0 bridgehead atoms. The van der Waals surface area contributed by atoms with Gasteiger partial charge in [-0.15, -0.1) is 10.2 Å². The molecule has 0 radical (unpaired) electrons. The molecule has 1 aliphatic carbocycles. The first-order chi connectivity index (χ1) is 8.45. The number of halogens is 3. The number of rotatable bonds is 4. The second-order valence-corrected chi connectivity index (χ2v) is 4.40. The topological polar surface area (TPSA) is 47.0 Å². The highest BCUT2D eigenvalue weighted by Crippen LogP contribution is 2.35. The van der Waals surface area contributed by atoms with E-state index >= 15 is 0 Å². The third-order valence-corrected chi connectivity index (χ3v) is 3.24. The van der Waals surface area contributed by atoms with E-state index in [1.807, 2.05) is 0 Å². The Balaban J connectivity index is 1.94. The Labute approximate surface area is 103 Å². The summed E-state index contributed by atoms with van der Waals surface area (Å²) in [5, 5.41) is 9.60. The molecule has 7 heteroatoms. The average Bonchev–Trinajstić information content (AvgIpc) is 2.28. The van der Waals surface area contributed by atoms with Crippen LogP contribution < -0.4 is 5.32 Å². The fourth-order valence-corrected chi connectivity index (χ4v) is 1.85. The van der Waals surface area contributed by atoms with Gasteiger partial charge in [0.25, 0.3) is 0 Å². The van der Waals surface area contributed by atoms with Gasteiger partial charge < -0.3 is 10.1 Å². The monoisotopic (exact) mass is 261 g/mol. The highest BCUT2D eigenvalue weighted by atomic mass is 19.4. The molecule has 0 spiro atoms. The second kappa shape index (κ2) is 4.72. The van der Waals surface area contributed by atoms with Gasteiger partial charge in [-0.3, -0.25) is 0 Å². The van der Waals surface area contributed by atoms with Gasteiger partial charge in [0.05, 0.1) is 5.60 Å². The van der Waals surface area contributed by atoms with Gasteiger partial charge >= 0.3 is 6.18 Å². The zero-order chi connectivity index (χ0) is 13.2. The first-order valence-corrected chi connectivity index (χ1v) is 5.65. The lowest BCUT2D eigenvalue weighted by Gasteiger charge is -2.40. The maximum Gasteiger partial charge on any atom is 0.435 e. The molecular weight excluding hydrogens is 247 g/mol. The quantitative estimate of drug-likeness (QED) is 0.904. The summed E-state index contributed by atoms with van der Waals surface area (Å²) in [6.45, 7) is 0.531. The van der Waals surface area contributed by atoms with Crippen LogP contribution in [0.3, 0.4) is 0 Å². The lowest BCUT2D eigenvalue weighted by atomic mass is 9.80. The number of anilines is 1. The van der Waals surface area contributed by atoms with Crippen LogP contribution in [-0.2, 0) is 10.9 Å². The van der Waals surface area contributed by atoms with E-state index in [9.17, 15) is 13.2 Å². The van der Waals surface area contributed by atoms with E-state index < -0.39 is 11.9 Å². The van der Waals surface area contributed by atoms with Gasteiger partial charge in [0.1, 0.15) is 5.82 Å². The van der Waals surface area contributed by atoms with E-state index in [2.05, 4.69) is 15.5 Å². The number of nitrogens with one attached hydrogen (secondary N) is 1. The van der Waals surface area contributed by atoms with Crippen molar-refractivity contribution in [2.24, 2.45) is 0 Å². The van der Waals surface area contributed by atoms with E-state index in [0.29, 0.717) is 12.4 Å². The summed E-state index contributed by atoms with van der Waals surface area (Å²) in [6.07, 6.45) is -1.45. The van der Waals surface area contributed by atoms with Crippen molar-refractivity contribution in [1.29, 1.82) is 0 Å². The summed E-state index contributed by atoms with van der Waals surface area (Å²) in [6, 6.07) is 2.19. The first-order valence-electron chi connectivity index (χ1n) is 5.65. The van der Waals surface area contributed by atoms with Gasteiger partial charge in [-0.2, -0.15) is 13.2 Å². The molecule has 0 unspecified atom stereocenters. The molecule has 0 aromatic carbocycles. The standard InChI is InChI=1S/C11H14F3N3O/c1-18-10(5-2-6-10)7-15-9-4-3-8(16-17-9)11(12,13)14/h3-4H,2,5-7H2,1H3,(H,15,17). The van der Waals surface area contributed by atoms with Crippen molar-refractivity contribution < 1.29 is 17.9 Å². The Hall–Kier alpha value is -1.37. The Bertz CT molecular complexity index is 395. The van der Waals surface area contributed by atoms with Crippen LogP contribution in [0.15, 0.2) is 12.1 Å². The molecule has 18 heavy (non-hydrogen) atoms. The molecule has 0 atom stereocenters. The summed E-state index contributed by atoms with van der Waals surface area (Å²) in [5.41, 5.74) is -1.19. The minimum atomic E-state index is -4.45. The average molecular weight is 261 g/mol. The molecule has 100 valence electrons. The van der Waals surface area contributed by atoms with Crippen LogP contribution in [0.5, 0.6) is 0 Å². The highest BCUT2D eigenvalue weighted by molar-refractivity contribution is 5.34. The lowest BCUT2D eigenvalue weighted by molar-refractivity contribution is -0.141. The van der Waals surface area contributed by atoms with E-state index in [-0.39, 0.29) is 5.60 Å².